The summed E-state index contributed by atoms with van der Waals surface area (Å²) in [6.07, 6.45) is 5.26. The molecule has 0 spiro atoms. The number of nitrogens with zero attached hydrogens (tertiary/aromatic N) is 1. The lowest BCUT2D eigenvalue weighted by molar-refractivity contribution is 0.222. The normalized spacial score (nSPS) is 18.7. The molecule has 0 aromatic heterocycles. The molecule has 1 fully saturated rings. The van der Waals surface area contributed by atoms with Gasteiger partial charge in [-0.3, -0.25) is 0 Å². The molecule has 3 heteroatoms. The lowest BCUT2D eigenvalue weighted by Crippen LogP contribution is -2.37. The summed E-state index contributed by atoms with van der Waals surface area (Å²) in [4.78, 5) is 2.47. The standard InChI is InChI=1S/C18H29BrN2/c1-5-20-13-14-6-7-17(16(19)12-14)21(4)15-8-10-18(2,3)11-9-15/h6-7,12,15,20H,5,8-11,13H2,1-4H3. The fourth-order valence-corrected chi connectivity index (χ4v) is 3.89. The van der Waals surface area contributed by atoms with Gasteiger partial charge >= 0.3 is 0 Å². The third kappa shape index (κ3) is 4.46. The maximum atomic E-state index is 3.76. The highest BCUT2D eigenvalue weighted by atomic mass is 79.9. The van der Waals surface area contributed by atoms with E-state index >= 15 is 0 Å². The molecule has 1 aromatic carbocycles. The van der Waals surface area contributed by atoms with Crippen LogP contribution < -0.4 is 10.2 Å². The molecule has 1 N–H and O–H groups in total. The molecule has 1 aromatic rings. The second kappa shape index (κ2) is 7.15. The lowest BCUT2D eigenvalue weighted by Gasteiger charge is -2.40. The first-order valence-corrected chi connectivity index (χ1v) is 8.94. The van der Waals surface area contributed by atoms with Gasteiger partial charge in [-0.15, -0.1) is 0 Å². The summed E-state index contributed by atoms with van der Waals surface area (Å²) in [5.74, 6) is 0. The minimum Gasteiger partial charge on any atom is -0.371 e. The van der Waals surface area contributed by atoms with Crippen molar-refractivity contribution in [3.63, 3.8) is 0 Å². The summed E-state index contributed by atoms with van der Waals surface area (Å²) >= 11 is 3.76. The van der Waals surface area contributed by atoms with E-state index in [1.54, 1.807) is 0 Å². The zero-order valence-corrected chi connectivity index (χ0v) is 15.5. The van der Waals surface area contributed by atoms with Crippen molar-refractivity contribution >= 4 is 21.6 Å². The van der Waals surface area contributed by atoms with Crippen LogP contribution in [0.3, 0.4) is 0 Å². The third-order valence-electron chi connectivity index (χ3n) is 4.83. The number of benzene rings is 1. The molecule has 2 rings (SSSR count). The molecule has 0 atom stereocenters. The molecule has 0 bridgehead atoms. The van der Waals surface area contributed by atoms with E-state index in [2.05, 4.69) is 72.2 Å². The van der Waals surface area contributed by atoms with Gasteiger partial charge in [-0.1, -0.05) is 26.8 Å². The summed E-state index contributed by atoms with van der Waals surface area (Å²) in [7, 11) is 2.24. The van der Waals surface area contributed by atoms with E-state index in [9.17, 15) is 0 Å². The molecular formula is C18H29BrN2. The van der Waals surface area contributed by atoms with E-state index < -0.39 is 0 Å². The SMILES string of the molecule is CCNCc1ccc(N(C)C2CCC(C)(C)CC2)c(Br)c1. The number of rotatable bonds is 5. The van der Waals surface area contributed by atoms with Crippen LogP contribution in [-0.2, 0) is 6.54 Å². The van der Waals surface area contributed by atoms with Crippen LogP contribution in [0.25, 0.3) is 0 Å². The summed E-state index contributed by atoms with van der Waals surface area (Å²) in [5.41, 5.74) is 3.19. The van der Waals surface area contributed by atoms with Crippen LogP contribution in [0.15, 0.2) is 22.7 Å². The van der Waals surface area contributed by atoms with Crippen LogP contribution in [0.4, 0.5) is 5.69 Å². The average molecular weight is 353 g/mol. The van der Waals surface area contributed by atoms with Crippen molar-refractivity contribution in [2.75, 3.05) is 18.5 Å². The van der Waals surface area contributed by atoms with Gasteiger partial charge in [-0.2, -0.15) is 0 Å². The average Bonchev–Trinajstić information content (AvgIpc) is 2.44. The number of hydrogen-bond donors (Lipinski definition) is 1. The zero-order valence-electron chi connectivity index (χ0n) is 13.9. The van der Waals surface area contributed by atoms with E-state index in [-0.39, 0.29) is 0 Å². The minimum absolute atomic E-state index is 0.532. The van der Waals surface area contributed by atoms with E-state index in [1.165, 1.54) is 41.4 Å². The molecule has 118 valence electrons. The summed E-state index contributed by atoms with van der Waals surface area (Å²) < 4.78 is 1.21. The molecule has 1 aliphatic rings. The predicted octanol–water partition coefficient (Wildman–Crippen LogP) is 4.96. The lowest BCUT2D eigenvalue weighted by atomic mass is 9.75. The molecule has 0 heterocycles. The van der Waals surface area contributed by atoms with Crippen molar-refractivity contribution < 1.29 is 0 Å². The highest BCUT2D eigenvalue weighted by Crippen LogP contribution is 2.39. The number of anilines is 1. The molecule has 0 saturated heterocycles. The molecule has 0 amide bonds. The Bertz CT molecular complexity index is 460. The van der Waals surface area contributed by atoms with Gasteiger partial charge in [-0.25, -0.2) is 0 Å². The molecule has 2 nitrogen and oxygen atoms in total. The van der Waals surface area contributed by atoms with Gasteiger partial charge in [0.25, 0.3) is 0 Å². The van der Waals surface area contributed by atoms with Gasteiger partial charge in [0.1, 0.15) is 0 Å². The Morgan fingerprint density at radius 3 is 2.52 bits per heavy atom. The van der Waals surface area contributed by atoms with Crippen molar-refractivity contribution in [1.29, 1.82) is 0 Å². The Hall–Kier alpha value is -0.540. The second-order valence-corrected chi connectivity index (χ2v) is 7.93. The van der Waals surface area contributed by atoms with Crippen LogP contribution in [0, 0.1) is 5.41 Å². The third-order valence-corrected chi connectivity index (χ3v) is 5.46. The molecular weight excluding hydrogens is 324 g/mol. The highest BCUT2D eigenvalue weighted by Gasteiger charge is 2.29. The van der Waals surface area contributed by atoms with Gasteiger partial charge in [-0.05, 0) is 71.3 Å². The van der Waals surface area contributed by atoms with Crippen LogP contribution in [0.5, 0.6) is 0 Å². The zero-order chi connectivity index (χ0) is 15.5. The maximum absolute atomic E-state index is 3.76. The summed E-state index contributed by atoms with van der Waals surface area (Å²) in [6, 6.07) is 7.43. The van der Waals surface area contributed by atoms with Crippen molar-refractivity contribution in [2.45, 2.75) is 59.0 Å². The van der Waals surface area contributed by atoms with Crippen molar-refractivity contribution in [3.8, 4) is 0 Å². The Morgan fingerprint density at radius 2 is 1.95 bits per heavy atom. The fraction of sp³-hybridized carbons (Fsp3) is 0.667. The maximum Gasteiger partial charge on any atom is 0.0510 e. The molecule has 0 aliphatic heterocycles. The van der Waals surface area contributed by atoms with Gasteiger partial charge in [0.05, 0.1) is 5.69 Å². The van der Waals surface area contributed by atoms with Crippen LogP contribution in [-0.4, -0.2) is 19.6 Å². The summed E-state index contributed by atoms with van der Waals surface area (Å²) in [6.45, 7) is 8.89. The van der Waals surface area contributed by atoms with E-state index in [0.29, 0.717) is 11.5 Å². The fourth-order valence-electron chi connectivity index (χ4n) is 3.18. The monoisotopic (exact) mass is 352 g/mol. The molecule has 0 unspecified atom stereocenters. The molecule has 1 aliphatic carbocycles. The van der Waals surface area contributed by atoms with E-state index in [4.69, 9.17) is 0 Å². The number of hydrogen-bond acceptors (Lipinski definition) is 2. The van der Waals surface area contributed by atoms with Crippen molar-refractivity contribution in [2.24, 2.45) is 5.41 Å². The van der Waals surface area contributed by atoms with Gasteiger partial charge in [0.2, 0.25) is 0 Å². The predicted molar refractivity (Wildman–Crippen MR) is 96.0 cm³/mol. The van der Waals surface area contributed by atoms with Crippen molar-refractivity contribution in [1.82, 2.24) is 5.32 Å². The Kier molecular flexibility index (Phi) is 5.73. The Labute approximate surface area is 138 Å². The molecule has 0 radical (unpaired) electrons. The van der Waals surface area contributed by atoms with Crippen molar-refractivity contribution in [3.05, 3.63) is 28.2 Å². The van der Waals surface area contributed by atoms with Gasteiger partial charge in [0.15, 0.2) is 0 Å². The Morgan fingerprint density at radius 1 is 1.29 bits per heavy atom. The number of halogens is 1. The smallest absolute Gasteiger partial charge is 0.0510 e. The van der Waals surface area contributed by atoms with Gasteiger partial charge < -0.3 is 10.2 Å². The van der Waals surface area contributed by atoms with Crippen LogP contribution in [0.1, 0.15) is 52.0 Å². The van der Waals surface area contributed by atoms with Crippen LogP contribution in [0.2, 0.25) is 0 Å². The topological polar surface area (TPSA) is 15.3 Å². The Balaban J connectivity index is 2.04. The highest BCUT2D eigenvalue weighted by molar-refractivity contribution is 9.10. The summed E-state index contributed by atoms with van der Waals surface area (Å²) in [5, 5.41) is 3.38. The van der Waals surface area contributed by atoms with Crippen LogP contribution >= 0.6 is 15.9 Å². The minimum atomic E-state index is 0.532. The molecule has 21 heavy (non-hydrogen) atoms. The largest absolute Gasteiger partial charge is 0.371 e. The quantitative estimate of drug-likeness (QED) is 0.805. The van der Waals surface area contributed by atoms with E-state index in [0.717, 1.165) is 13.1 Å². The molecule has 1 saturated carbocycles. The number of nitrogens with one attached hydrogen (secondary N) is 1. The second-order valence-electron chi connectivity index (χ2n) is 7.07. The first-order chi connectivity index (χ1) is 9.93. The first-order valence-electron chi connectivity index (χ1n) is 8.15. The van der Waals surface area contributed by atoms with Gasteiger partial charge in [0, 0.05) is 24.1 Å². The first kappa shape index (κ1) is 16.8. The van der Waals surface area contributed by atoms with E-state index in [1.807, 2.05) is 0 Å².